The van der Waals surface area contributed by atoms with Crippen molar-refractivity contribution in [2.45, 2.75) is 13.8 Å². The lowest BCUT2D eigenvalue weighted by atomic mass is 10.1. The number of nitrogens with one attached hydrogen (secondary N) is 3. The van der Waals surface area contributed by atoms with Crippen LogP contribution in [0.1, 0.15) is 21.5 Å². The lowest BCUT2D eigenvalue weighted by molar-refractivity contribution is -0.120. The maximum absolute atomic E-state index is 12.0. The molecule has 0 spiro atoms. The Morgan fingerprint density at radius 2 is 1.71 bits per heavy atom. The van der Waals surface area contributed by atoms with Gasteiger partial charge in [0.15, 0.2) is 0 Å². The van der Waals surface area contributed by atoms with Crippen molar-refractivity contribution in [3.05, 3.63) is 59.2 Å². The third-order valence-electron chi connectivity index (χ3n) is 3.49. The fraction of sp³-hybridized carbons (Fsp3) is 0.222. The van der Waals surface area contributed by atoms with E-state index in [1.54, 1.807) is 25.3 Å². The van der Waals surface area contributed by atoms with Crippen molar-refractivity contribution in [2.75, 3.05) is 19.0 Å². The number of rotatable bonds is 5. The summed E-state index contributed by atoms with van der Waals surface area (Å²) >= 11 is 0. The summed E-state index contributed by atoms with van der Waals surface area (Å²) in [5, 5.41) is 2.98. The predicted molar refractivity (Wildman–Crippen MR) is 93.0 cm³/mol. The Bertz CT molecular complexity index is 727. The molecule has 0 heterocycles. The van der Waals surface area contributed by atoms with E-state index < -0.39 is 5.91 Å². The Morgan fingerprint density at radius 3 is 2.38 bits per heavy atom. The van der Waals surface area contributed by atoms with Crippen LogP contribution < -0.4 is 20.9 Å². The molecule has 24 heavy (non-hydrogen) atoms. The average Bonchev–Trinajstić information content (AvgIpc) is 2.59. The molecule has 0 radical (unpaired) electrons. The van der Waals surface area contributed by atoms with Gasteiger partial charge in [-0.2, -0.15) is 0 Å². The predicted octanol–water partition coefficient (Wildman–Crippen LogP) is 2.19. The summed E-state index contributed by atoms with van der Waals surface area (Å²) in [6.07, 6.45) is 0. The first kappa shape index (κ1) is 17.3. The van der Waals surface area contributed by atoms with Crippen LogP contribution in [0.4, 0.5) is 5.69 Å². The van der Waals surface area contributed by atoms with Gasteiger partial charge < -0.3 is 10.1 Å². The Morgan fingerprint density at radius 1 is 1.00 bits per heavy atom. The largest absolute Gasteiger partial charge is 0.496 e. The highest BCUT2D eigenvalue weighted by Crippen LogP contribution is 2.18. The lowest BCUT2D eigenvalue weighted by Gasteiger charge is -2.10. The first-order valence-electron chi connectivity index (χ1n) is 7.54. The van der Waals surface area contributed by atoms with E-state index in [0.717, 1.165) is 16.8 Å². The second-order valence-corrected chi connectivity index (χ2v) is 5.41. The molecular weight excluding hydrogens is 306 g/mol. The third-order valence-corrected chi connectivity index (χ3v) is 3.49. The van der Waals surface area contributed by atoms with E-state index in [4.69, 9.17) is 4.74 Å². The summed E-state index contributed by atoms with van der Waals surface area (Å²) in [6.45, 7) is 3.94. The Kier molecular flexibility index (Phi) is 5.78. The smallest absolute Gasteiger partial charge is 0.269 e. The first-order valence-corrected chi connectivity index (χ1v) is 7.54. The van der Waals surface area contributed by atoms with Gasteiger partial charge in [0.2, 0.25) is 0 Å². The minimum Gasteiger partial charge on any atom is -0.496 e. The zero-order valence-electron chi connectivity index (χ0n) is 14.0. The summed E-state index contributed by atoms with van der Waals surface area (Å²) in [6, 6.07) is 12.8. The molecule has 0 unspecified atom stereocenters. The normalized spacial score (nSPS) is 9.96. The highest BCUT2D eigenvalue weighted by atomic mass is 16.5. The summed E-state index contributed by atoms with van der Waals surface area (Å²) in [4.78, 5) is 23.8. The van der Waals surface area contributed by atoms with Gasteiger partial charge in [0, 0.05) is 11.3 Å². The number of hydrogen-bond donors (Lipinski definition) is 3. The minimum atomic E-state index is -0.406. The molecule has 6 nitrogen and oxygen atoms in total. The van der Waals surface area contributed by atoms with Crippen molar-refractivity contribution >= 4 is 17.5 Å². The van der Waals surface area contributed by atoms with Gasteiger partial charge >= 0.3 is 0 Å². The highest BCUT2D eigenvalue weighted by Gasteiger charge is 2.09. The van der Waals surface area contributed by atoms with Crippen LogP contribution in [0, 0.1) is 13.8 Å². The number of carbonyl (C=O) groups excluding carboxylic acids is 2. The van der Waals surface area contributed by atoms with Crippen molar-refractivity contribution in [3.63, 3.8) is 0 Å². The fourth-order valence-electron chi connectivity index (χ4n) is 2.06. The van der Waals surface area contributed by atoms with E-state index in [2.05, 4.69) is 16.2 Å². The molecular formula is C18H21N3O3. The molecule has 126 valence electrons. The fourth-order valence-corrected chi connectivity index (χ4v) is 2.06. The molecule has 2 aromatic rings. The van der Waals surface area contributed by atoms with Gasteiger partial charge in [-0.3, -0.25) is 20.4 Å². The van der Waals surface area contributed by atoms with E-state index >= 15 is 0 Å². The maximum atomic E-state index is 12.0. The van der Waals surface area contributed by atoms with Gasteiger partial charge in [0.1, 0.15) is 5.75 Å². The molecule has 0 bridgehead atoms. The summed E-state index contributed by atoms with van der Waals surface area (Å²) in [5.41, 5.74) is 8.07. The van der Waals surface area contributed by atoms with E-state index in [-0.39, 0.29) is 12.5 Å². The van der Waals surface area contributed by atoms with Crippen molar-refractivity contribution in [2.24, 2.45) is 0 Å². The summed E-state index contributed by atoms with van der Waals surface area (Å²) in [7, 11) is 1.54. The van der Waals surface area contributed by atoms with E-state index in [1.165, 1.54) is 0 Å². The Balaban J connectivity index is 1.82. The number of carbonyl (C=O) groups is 2. The second kappa shape index (κ2) is 8.01. The standard InChI is InChI=1S/C18H21N3O3/c1-12-4-8-15(9-5-12)19-11-17(22)20-21-18(23)14-7-6-13(2)16(10-14)24-3/h4-10,19H,11H2,1-3H3,(H,20,22)(H,21,23). The van der Waals surface area contributed by atoms with Crippen LogP contribution in [-0.4, -0.2) is 25.5 Å². The van der Waals surface area contributed by atoms with Crippen LogP contribution in [0.25, 0.3) is 0 Å². The van der Waals surface area contributed by atoms with Gasteiger partial charge in [0.25, 0.3) is 11.8 Å². The molecule has 0 aromatic heterocycles. The van der Waals surface area contributed by atoms with Crippen LogP contribution in [0.2, 0.25) is 0 Å². The van der Waals surface area contributed by atoms with Crippen LogP contribution >= 0.6 is 0 Å². The van der Waals surface area contributed by atoms with Crippen molar-refractivity contribution in [1.29, 1.82) is 0 Å². The molecule has 0 aliphatic rings. The monoisotopic (exact) mass is 327 g/mol. The van der Waals surface area contributed by atoms with Crippen molar-refractivity contribution < 1.29 is 14.3 Å². The molecule has 2 amide bonds. The summed E-state index contributed by atoms with van der Waals surface area (Å²) in [5.74, 6) is -0.130. The van der Waals surface area contributed by atoms with Crippen LogP contribution in [0.5, 0.6) is 5.75 Å². The van der Waals surface area contributed by atoms with E-state index in [1.807, 2.05) is 38.1 Å². The van der Waals surface area contributed by atoms with Gasteiger partial charge in [0.05, 0.1) is 13.7 Å². The first-order chi connectivity index (χ1) is 11.5. The Hall–Kier alpha value is -3.02. The second-order valence-electron chi connectivity index (χ2n) is 5.41. The zero-order chi connectivity index (χ0) is 17.5. The molecule has 0 aliphatic carbocycles. The van der Waals surface area contributed by atoms with Crippen molar-refractivity contribution in [1.82, 2.24) is 10.9 Å². The highest BCUT2D eigenvalue weighted by molar-refractivity contribution is 5.96. The number of amides is 2. The number of aryl methyl sites for hydroxylation is 2. The number of benzene rings is 2. The van der Waals surface area contributed by atoms with E-state index in [0.29, 0.717) is 11.3 Å². The third kappa shape index (κ3) is 4.74. The number of anilines is 1. The molecule has 0 saturated carbocycles. The van der Waals surface area contributed by atoms with E-state index in [9.17, 15) is 9.59 Å². The lowest BCUT2D eigenvalue weighted by Crippen LogP contribution is -2.44. The molecule has 0 fully saturated rings. The number of hydrazine groups is 1. The Labute approximate surface area is 141 Å². The zero-order valence-corrected chi connectivity index (χ0v) is 14.0. The van der Waals surface area contributed by atoms with Gasteiger partial charge in [-0.1, -0.05) is 23.8 Å². The van der Waals surface area contributed by atoms with Crippen molar-refractivity contribution in [3.8, 4) is 5.75 Å². The number of hydrogen-bond acceptors (Lipinski definition) is 4. The average molecular weight is 327 g/mol. The van der Waals surface area contributed by atoms with Gasteiger partial charge in [-0.05, 0) is 43.7 Å². The minimum absolute atomic E-state index is 0.0561. The van der Waals surface area contributed by atoms with Crippen LogP contribution in [0.3, 0.4) is 0 Å². The number of ether oxygens (including phenoxy) is 1. The molecule has 3 N–H and O–H groups in total. The van der Waals surface area contributed by atoms with Crippen LogP contribution in [0.15, 0.2) is 42.5 Å². The van der Waals surface area contributed by atoms with Gasteiger partial charge in [-0.25, -0.2) is 0 Å². The van der Waals surface area contributed by atoms with Crippen LogP contribution in [-0.2, 0) is 4.79 Å². The molecule has 6 heteroatoms. The molecule has 0 aliphatic heterocycles. The molecule has 2 aromatic carbocycles. The quantitative estimate of drug-likeness (QED) is 0.736. The topological polar surface area (TPSA) is 79.5 Å². The molecule has 0 saturated heterocycles. The van der Waals surface area contributed by atoms with Gasteiger partial charge in [-0.15, -0.1) is 0 Å². The molecule has 0 atom stereocenters. The molecule has 2 rings (SSSR count). The maximum Gasteiger partial charge on any atom is 0.269 e. The number of methoxy groups -OCH3 is 1. The SMILES string of the molecule is COc1cc(C(=O)NNC(=O)CNc2ccc(C)cc2)ccc1C. The summed E-state index contributed by atoms with van der Waals surface area (Å²) < 4.78 is 5.18.